The van der Waals surface area contributed by atoms with E-state index in [9.17, 15) is 0 Å². The number of hydrogen-bond donors (Lipinski definition) is 2. The van der Waals surface area contributed by atoms with Crippen molar-refractivity contribution in [3.05, 3.63) is 23.2 Å². The fourth-order valence-corrected chi connectivity index (χ4v) is 3.49. The number of ether oxygens (including phenoxy) is 1. The lowest BCUT2D eigenvalue weighted by Crippen LogP contribution is -2.38. The number of halogens is 3. The maximum absolute atomic E-state index is 6.20. The van der Waals surface area contributed by atoms with E-state index in [-0.39, 0.29) is 24.8 Å². The zero-order valence-corrected chi connectivity index (χ0v) is 16.8. The van der Waals surface area contributed by atoms with Crippen LogP contribution in [0.2, 0.25) is 5.02 Å². The van der Waals surface area contributed by atoms with Gasteiger partial charge in [-0.15, -0.1) is 24.8 Å². The molecule has 6 nitrogen and oxygen atoms in total. The van der Waals surface area contributed by atoms with Gasteiger partial charge in [-0.3, -0.25) is 0 Å². The molecule has 9 heteroatoms. The highest BCUT2D eigenvalue weighted by molar-refractivity contribution is 6.31. The van der Waals surface area contributed by atoms with Gasteiger partial charge in [0.15, 0.2) is 0 Å². The smallest absolute Gasteiger partial charge is 0.225 e. The van der Waals surface area contributed by atoms with Crippen molar-refractivity contribution >= 4 is 59.1 Å². The van der Waals surface area contributed by atoms with E-state index in [2.05, 4.69) is 15.5 Å². The number of anilines is 2. The molecule has 2 aromatic rings. The lowest BCUT2D eigenvalue weighted by molar-refractivity contribution is 0.122. The van der Waals surface area contributed by atoms with E-state index >= 15 is 0 Å². The monoisotopic (exact) mass is 419 g/mol. The first-order valence-electron chi connectivity index (χ1n) is 8.57. The highest BCUT2D eigenvalue weighted by atomic mass is 35.5. The van der Waals surface area contributed by atoms with Gasteiger partial charge < -0.3 is 20.3 Å². The van der Waals surface area contributed by atoms with E-state index in [1.807, 2.05) is 18.2 Å². The van der Waals surface area contributed by atoms with E-state index in [4.69, 9.17) is 26.3 Å². The normalized spacial score (nSPS) is 18.1. The first-order chi connectivity index (χ1) is 11.8. The van der Waals surface area contributed by atoms with E-state index in [1.54, 1.807) is 0 Å². The first-order valence-corrected chi connectivity index (χ1v) is 8.95. The molecule has 0 unspecified atom stereocenters. The molecule has 4 rings (SSSR count). The Hall–Kier alpha value is -1.05. The Bertz CT molecular complexity index is 721. The van der Waals surface area contributed by atoms with Crippen molar-refractivity contribution in [1.29, 1.82) is 0 Å². The van der Waals surface area contributed by atoms with Gasteiger partial charge in [0, 0.05) is 29.5 Å². The van der Waals surface area contributed by atoms with Gasteiger partial charge >= 0.3 is 0 Å². The summed E-state index contributed by atoms with van der Waals surface area (Å²) in [7, 11) is 0. The second-order valence-corrected chi connectivity index (χ2v) is 6.74. The van der Waals surface area contributed by atoms with Gasteiger partial charge in [-0.05, 0) is 44.1 Å². The molecule has 3 heterocycles. The average Bonchev–Trinajstić information content (AvgIpc) is 2.63. The van der Waals surface area contributed by atoms with Gasteiger partial charge in [-0.1, -0.05) is 11.6 Å². The molecule has 2 aliphatic heterocycles. The second-order valence-electron chi connectivity index (χ2n) is 6.30. The highest BCUT2D eigenvalue weighted by Crippen LogP contribution is 2.29. The molecule has 26 heavy (non-hydrogen) atoms. The van der Waals surface area contributed by atoms with Crippen LogP contribution >= 0.6 is 36.4 Å². The Labute approximate surface area is 170 Å². The number of nitrogens with zero attached hydrogens (tertiary/aromatic N) is 3. The van der Waals surface area contributed by atoms with Crippen molar-refractivity contribution in [3.8, 4) is 0 Å². The average molecular weight is 421 g/mol. The molecule has 0 radical (unpaired) electrons. The van der Waals surface area contributed by atoms with Crippen LogP contribution < -0.4 is 15.5 Å². The Morgan fingerprint density at radius 2 is 1.85 bits per heavy atom. The van der Waals surface area contributed by atoms with Crippen LogP contribution in [0.5, 0.6) is 0 Å². The largest absolute Gasteiger partial charge is 0.378 e. The van der Waals surface area contributed by atoms with Crippen LogP contribution in [0.1, 0.15) is 12.8 Å². The summed E-state index contributed by atoms with van der Waals surface area (Å²) >= 11 is 6.20. The third kappa shape index (κ3) is 4.81. The zero-order valence-electron chi connectivity index (χ0n) is 14.4. The molecule has 2 saturated heterocycles. The van der Waals surface area contributed by atoms with Crippen LogP contribution in [0.3, 0.4) is 0 Å². The Balaban J connectivity index is 0.00000121. The summed E-state index contributed by atoms with van der Waals surface area (Å²) in [5.74, 6) is 1.65. The van der Waals surface area contributed by atoms with Crippen molar-refractivity contribution in [2.24, 2.45) is 0 Å². The molecule has 0 atom stereocenters. The maximum Gasteiger partial charge on any atom is 0.225 e. The summed E-state index contributed by atoms with van der Waals surface area (Å²) in [6, 6.07) is 6.23. The molecular weight excluding hydrogens is 397 g/mol. The quantitative estimate of drug-likeness (QED) is 0.795. The van der Waals surface area contributed by atoms with Gasteiger partial charge in [0.1, 0.15) is 5.82 Å². The van der Waals surface area contributed by atoms with Gasteiger partial charge in [-0.2, -0.15) is 4.98 Å². The molecule has 0 spiro atoms. The van der Waals surface area contributed by atoms with Gasteiger partial charge in [0.05, 0.1) is 18.7 Å². The number of nitrogens with one attached hydrogen (secondary N) is 2. The number of hydrogen-bond acceptors (Lipinski definition) is 6. The number of piperidine rings is 1. The van der Waals surface area contributed by atoms with E-state index < -0.39 is 0 Å². The zero-order chi connectivity index (χ0) is 16.4. The fourth-order valence-electron chi connectivity index (χ4n) is 3.31. The molecule has 0 aliphatic carbocycles. The summed E-state index contributed by atoms with van der Waals surface area (Å²) in [6.45, 7) is 5.21. The molecule has 0 saturated carbocycles. The summed E-state index contributed by atoms with van der Waals surface area (Å²) in [5.41, 5.74) is 0.923. The highest BCUT2D eigenvalue weighted by Gasteiger charge is 2.19. The molecule has 1 aromatic carbocycles. The van der Waals surface area contributed by atoms with Crippen LogP contribution in [0.4, 0.5) is 11.8 Å². The molecule has 2 fully saturated rings. The van der Waals surface area contributed by atoms with Gasteiger partial charge in [-0.25, -0.2) is 4.98 Å². The lowest BCUT2D eigenvalue weighted by Gasteiger charge is -2.29. The van der Waals surface area contributed by atoms with Crippen molar-refractivity contribution in [2.75, 3.05) is 49.6 Å². The van der Waals surface area contributed by atoms with E-state index in [0.29, 0.717) is 17.0 Å². The Morgan fingerprint density at radius 3 is 2.58 bits per heavy atom. The molecule has 1 aromatic heterocycles. The van der Waals surface area contributed by atoms with Crippen molar-refractivity contribution in [1.82, 2.24) is 15.3 Å². The maximum atomic E-state index is 6.20. The van der Waals surface area contributed by atoms with Crippen LogP contribution in [-0.2, 0) is 4.74 Å². The number of benzene rings is 1. The van der Waals surface area contributed by atoms with Crippen LogP contribution in [0.25, 0.3) is 10.9 Å². The molecule has 2 aliphatic rings. The molecule has 0 amide bonds. The summed E-state index contributed by atoms with van der Waals surface area (Å²) in [5, 5.41) is 8.60. The third-order valence-corrected chi connectivity index (χ3v) is 4.86. The first kappa shape index (κ1) is 21.3. The van der Waals surface area contributed by atoms with Gasteiger partial charge in [0.2, 0.25) is 5.95 Å². The number of rotatable bonds is 3. The Morgan fingerprint density at radius 1 is 1.12 bits per heavy atom. The molecule has 0 bridgehead atoms. The van der Waals surface area contributed by atoms with Crippen LogP contribution in [0, 0.1) is 0 Å². The fraction of sp³-hybridized carbons (Fsp3) is 0.529. The van der Waals surface area contributed by atoms with E-state index in [0.717, 1.165) is 69.0 Å². The van der Waals surface area contributed by atoms with Crippen molar-refractivity contribution in [3.63, 3.8) is 0 Å². The summed E-state index contributed by atoms with van der Waals surface area (Å²) < 4.78 is 5.48. The number of fused-ring (bicyclic) bond motifs is 1. The lowest BCUT2D eigenvalue weighted by atomic mass is 10.1. The minimum atomic E-state index is 0. The topological polar surface area (TPSA) is 62.3 Å². The summed E-state index contributed by atoms with van der Waals surface area (Å²) in [6.07, 6.45) is 2.18. The summed E-state index contributed by atoms with van der Waals surface area (Å²) in [4.78, 5) is 11.8. The predicted octanol–water partition coefficient (Wildman–Crippen LogP) is 3.13. The SMILES string of the molecule is Cl.Cl.Clc1ccc2nc(NC3CCNCC3)nc(N3CCOCC3)c2c1. The number of morpholine rings is 1. The molecule has 144 valence electrons. The molecule has 2 N–H and O–H groups in total. The Kier molecular flexibility index (Phi) is 7.98. The van der Waals surface area contributed by atoms with Gasteiger partial charge in [0.25, 0.3) is 0 Å². The number of aromatic nitrogens is 2. The minimum Gasteiger partial charge on any atom is -0.378 e. The predicted molar refractivity (Wildman–Crippen MR) is 112 cm³/mol. The second kappa shape index (κ2) is 9.76. The molecular formula is C17H24Cl3N5O. The standard InChI is InChI=1S/C17H22ClN5O.2ClH/c18-12-1-2-15-14(11-12)16(23-7-9-24-10-8-23)22-17(21-15)20-13-3-5-19-6-4-13;;/h1-2,11,13,19H,3-10H2,(H,20,21,22);2*1H. The van der Waals surface area contributed by atoms with Crippen molar-refractivity contribution in [2.45, 2.75) is 18.9 Å². The van der Waals surface area contributed by atoms with E-state index in [1.165, 1.54) is 0 Å². The van der Waals surface area contributed by atoms with Crippen LogP contribution in [0.15, 0.2) is 18.2 Å². The van der Waals surface area contributed by atoms with Crippen LogP contribution in [-0.4, -0.2) is 55.4 Å². The van der Waals surface area contributed by atoms with Crippen molar-refractivity contribution < 1.29 is 4.74 Å². The minimum absolute atomic E-state index is 0. The third-order valence-electron chi connectivity index (χ3n) is 4.62.